The first-order chi connectivity index (χ1) is 9.99. The van der Waals surface area contributed by atoms with Gasteiger partial charge in [-0.3, -0.25) is 10.2 Å². The van der Waals surface area contributed by atoms with Crippen molar-refractivity contribution in [2.24, 2.45) is 11.6 Å². The number of aromatic nitrogens is 3. The number of benzene rings is 1. The van der Waals surface area contributed by atoms with Gasteiger partial charge in [0.2, 0.25) is 17.8 Å². The second-order valence-electron chi connectivity index (χ2n) is 4.27. The number of hydrogen-bond acceptors (Lipinski definition) is 8. The average molecular weight is 289 g/mol. The van der Waals surface area contributed by atoms with Gasteiger partial charge in [-0.25, -0.2) is 5.84 Å². The summed E-state index contributed by atoms with van der Waals surface area (Å²) in [7, 11) is 3.56. The molecule has 110 valence electrons. The molecule has 0 spiro atoms. The summed E-state index contributed by atoms with van der Waals surface area (Å²) in [6.45, 7) is 0. The van der Waals surface area contributed by atoms with Crippen LogP contribution in [0, 0.1) is 0 Å². The number of ether oxygens (including phenoxy) is 1. The summed E-state index contributed by atoms with van der Waals surface area (Å²) in [6, 6.07) is 6.36. The van der Waals surface area contributed by atoms with Gasteiger partial charge < -0.3 is 15.4 Å². The Hall–Kier alpha value is -2.94. The molecule has 0 aliphatic heterocycles. The molecule has 0 atom stereocenters. The number of nitrogens with one attached hydrogen (secondary N) is 1. The van der Waals surface area contributed by atoms with Gasteiger partial charge in [0.05, 0.1) is 0 Å². The highest BCUT2D eigenvalue weighted by molar-refractivity contribution is 5.92. The van der Waals surface area contributed by atoms with E-state index in [-0.39, 0.29) is 12.0 Å². The van der Waals surface area contributed by atoms with Crippen molar-refractivity contribution >= 4 is 17.8 Å². The van der Waals surface area contributed by atoms with Crippen molar-refractivity contribution in [3.8, 4) is 11.8 Å². The van der Waals surface area contributed by atoms with Crippen LogP contribution in [0.15, 0.2) is 24.3 Å². The van der Waals surface area contributed by atoms with Crippen LogP contribution in [0.1, 0.15) is 10.4 Å². The minimum absolute atomic E-state index is 0.0773. The Morgan fingerprint density at radius 1 is 1.19 bits per heavy atom. The fourth-order valence-corrected chi connectivity index (χ4v) is 1.45. The summed E-state index contributed by atoms with van der Waals surface area (Å²) in [4.78, 5) is 24.9. The van der Waals surface area contributed by atoms with Crippen molar-refractivity contribution in [1.82, 2.24) is 15.0 Å². The van der Waals surface area contributed by atoms with Gasteiger partial charge in [-0.1, -0.05) is 0 Å². The van der Waals surface area contributed by atoms with Gasteiger partial charge >= 0.3 is 6.01 Å². The zero-order valence-corrected chi connectivity index (χ0v) is 11.6. The van der Waals surface area contributed by atoms with Crippen molar-refractivity contribution in [1.29, 1.82) is 0 Å². The Labute approximate surface area is 120 Å². The monoisotopic (exact) mass is 289 g/mol. The predicted octanol–water partition coefficient (Wildman–Crippen LogP) is 0.114. The minimum Gasteiger partial charge on any atom is -0.424 e. The maximum atomic E-state index is 11.0. The van der Waals surface area contributed by atoms with E-state index in [0.717, 1.165) is 0 Å². The lowest BCUT2D eigenvalue weighted by atomic mass is 10.2. The average Bonchev–Trinajstić information content (AvgIpc) is 2.47. The van der Waals surface area contributed by atoms with Crippen LogP contribution in [0.3, 0.4) is 0 Å². The number of anilines is 2. The fraction of sp³-hybridized carbons (Fsp3) is 0.167. The van der Waals surface area contributed by atoms with E-state index in [2.05, 4.69) is 20.4 Å². The van der Waals surface area contributed by atoms with Gasteiger partial charge in [-0.05, 0) is 24.3 Å². The number of carbonyl (C=O) groups is 1. The van der Waals surface area contributed by atoms with Crippen LogP contribution < -0.4 is 26.6 Å². The Morgan fingerprint density at radius 3 is 2.38 bits per heavy atom. The molecule has 1 amide bonds. The first-order valence-electron chi connectivity index (χ1n) is 5.97. The largest absolute Gasteiger partial charge is 0.424 e. The summed E-state index contributed by atoms with van der Waals surface area (Å²) in [5.41, 5.74) is 7.89. The van der Waals surface area contributed by atoms with E-state index in [1.807, 2.05) is 0 Å². The van der Waals surface area contributed by atoms with Gasteiger partial charge in [0, 0.05) is 19.7 Å². The van der Waals surface area contributed by atoms with E-state index in [1.54, 1.807) is 43.3 Å². The summed E-state index contributed by atoms with van der Waals surface area (Å²) in [5, 5.41) is 0. The van der Waals surface area contributed by atoms with E-state index in [0.29, 0.717) is 17.3 Å². The summed E-state index contributed by atoms with van der Waals surface area (Å²) < 4.78 is 5.51. The normalized spacial score (nSPS) is 10.0. The molecule has 1 aromatic carbocycles. The third kappa shape index (κ3) is 3.54. The Morgan fingerprint density at radius 2 is 1.86 bits per heavy atom. The highest BCUT2D eigenvalue weighted by Crippen LogP contribution is 2.20. The lowest BCUT2D eigenvalue weighted by molar-refractivity contribution is 0.100. The number of primary amides is 1. The van der Waals surface area contributed by atoms with Gasteiger partial charge in [-0.2, -0.15) is 15.0 Å². The van der Waals surface area contributed by atoms with Crippen LogP contribution in [0.2, 0.25) is 0 Å². The zero-order valence-electron chi connectivity index (χ0n) is 11.6. The number of nitrogen functional groups attached to an aromatic ring is 1. The molecule has 9 nitrogen and oxygen atoms in total. The van der Waals surface area contributed by atoms with E-state index in [4.69, 9.17) is 16.3 Å². The first kappa shape index (κ1) is 14.5. The lowest BCUT2D eigenvalue weighted by Gasteiger charge is -2.12. The molecule has 5 N–H and O–H groups in total. The maximum absolute atomic E-state index is 11.0. The SMILES string of the molecule is CN(C)c1nc(NN)nc(Oc2ccc(C(N)=O)cc2)n1. The summed E-state index contributed by atoms with van der Waals surface area (Å²) >= 11 is 0. The Balaban J connectivity index is 2.25. The number of hydrogen-bond donors (Lipinski definition) is 3. The van der Waals surface area contributed by atoms with Gasteiger partial charge in [0.15, 0.2) is 0 Å². The van der Waals surface area contributed by atoms with E-state index >= 15 is 0 Å². The predicted molar refractivity (Wildman–Crippen MR) is 77.0 cm³/mol. The van der Waals surface area contributed by atoms with Crippen molar-refractivity contribution in [2.75, 3.05) is 24.4 Å². The number of nitrogens with two attached hydrogens (primary N) is 2. The second-order valence-corrected chi connectivity index (χ2v) is 4.27. The molecule has 9 heteroatoms. The lowest BCUT2D eigenvalue weighted by Crippen LogP contribution is -2.17. The molecule has 0 unspecified atom stereocenters. The molecule has 0 saturated heterocycles. The number of carbonyl (C=O) groups excluding carboxylic acids is 1. The molecule has 2 aromatic rings. The van der Waals surface area contributed by atoms with Crippen molar-refractivity contribution in [3.63, 3.8) is 0 Å². The molecule has 0 saturated carbocycles. The van der Waals surface area contributed by atoms with Gasteiger partial charge in [0.25, 0.3) is 0 Å². The molecule has 0 radical (unpaired) electrons. The minimum atomic E-state index is -0.508. The highest BCUT2D eigenvalue weighted by Gasteiger charge is 2.09. The molecule has 1 aromatic heterocycles. The van der Waals surface area contributed by atoms with Crippen LogP contribution in [0.5, 0.6) is 11.8 Å². The molecule has 21 heavy (non-hydrogen) atoms. The van der Waals surface area contributed by atoms with Crippen LogP contribution in [-0.2, 0) is 0 Å². The van der Waals surface area contributed by atoms with E-state index in [1.165, 1.54) is 0 Å². The summed E-state index contributed by atoms with van der Waals surface area (Å²) in [6.07, 6.45) is 0. The van der Waals surface area contributed by atoms with Crippen molar-refractivity contribution < 1.29 is 9.53 Å². The molecule has 1 heterocycles. The molecule has 0 fully saturated rings. The van der Waals surface area contributed by atoms with Gasteiger partial charge in [-0.15, -0.1) is 0 Å². The van der Waals surface area contributed by atoms with Crippen LogP contribution in [0.4, 0.5) is 11.9 Å². The highest BCUT2D eigenvalue weighted by atomic mass is 16.5. The molecular weight excluding hydrogens is 274 g/mol. The standard InChI is InChI=1S/C12H15N7O2/c1-19(2)11-15-10(18-14)16-12(17-11)21-8-5-3-7(4-6-8)9(13)20/h3-6H,14H2,1-2H3,(H2,13,20)(H,15,16,17,18). The summed E-state index contributed by atoms with van der Waals surface area (Å²) in [5.74, 6) is 5.82. The smallest absolute Gasteiger partial charge is 0.328 e. The topological polar surface area (TPSA) is 132 Å². The van der Waals surface area contributed by atoms with E-state index < -0.39 is 5.91 Å². The second kappa shape index (κ2) is 6.01. The van der Waals surface area contributed by atoms with E-state index in [9.17, 15) is 4.79 Å². The van der Waals surface area contributed by atoms with Crippen molar-refractivity contribution in [2.45, 2.75) is 0 Å². The molecular formula is C12H15N7O2. The van der Waals surface area contributed by atoms with Crippen LogP contribution >= 0.6 is 0 Å². The van der Waals surface area contributed by atoms with Crippen LogP contribution in [-0.4, -0.2) is 35.0 Å². The van der Waals surface area contributed by atoms with Crippen LogP contribution in [0.25, 0.3) is 0 Å². The third-order valence-electron chi connectivity index (χ3n) is 2.48. The number of nitrogens with zero attached hydrogens (tertiary/aromatic N) is 4. The fourth-order valence-electron chi connectivity index (χ4n) is 1.45. The zero-order chi connectivity index (χ0) is 15.4. The molecule has 0 bridgehead atoms. The molecule has 2 rings (SSSR count). The first-order valence-corrected chi connectivity index (χ1v) is 5.97. The molecule has 0 aliphatic carbocycles. The number of amides is 1. The third-order valence-corrected chi connectivity index (χ3v) is 2.48. The maximum Gasteiger partial charge on any atom is 0.328 e. The van der Waals surface area contributed by atoms with Crippen molar-refractivity contribution in [3.05, 3.63) is 29.8 Å². The number of rotatable bonds is 5. The Kier molecular flexibility index (Phi) is 4.14. The quantitative estimate of drug-likeness (QED) is 0.522. The Bertz CT molecular complexity index is 643. The number of hydrazine groups is 1. The van der Waals surface area contributed by atoms with Gasteiger partial charge in [0.1, 0.15) is 5.75 Å². The molecule has 0 aliphatic rings.